The van der Waals surface area contributed by atoms with Crippen molar-refractivity contribution in [2.24, 2.45) is 16.1 Å². The lowest BCUT2D eigenvalue weighted by molar-refractivity contribution is -0.133. The predicted molar refractivity (Wildman–Crippen MR) is 115 cm³/mol. The largest absolute Gasteiger partial charge is 0.509 e. The van der Waals surface area contributed by atoms with Crippen LogP contribution in [0.15, 0.2) is 52.1 Å². The normalized spacial score (nSPS) is 18.6. The summed E-state index contributed by atoms with van der Waals surface area (Å²) in [7, 11) is 2.72. The van der Waals surface area contributed by atoms with E-state index in [1.807, 2.05) is 13.8 Å². The third-order valence-electron chi connectivity index (χ3n) is 4.94. The maximum absolute atomic E-state index is 12.3. The Morgan fingerprint density at radius 3 is 2.67 bits per heavy atom. The van der Waals surface area contributed by atoms with Gasteiger partial charge in [0.25, 0.3) is 5.91 Å². The third kappa shape index (κ3) is 4.94. The average Bonchev–Trinajstić information content (AvgIpc) is 3.05. The van der Waals surface area contributed by atoms with Crippen molar-refractivity contribution in [3.05, 3.63) is 53.0 Å². The Hall–Kier alpha value is -3.42. The minimum Gasteiger partial charge on any atom is -0.509 e. The molecule has 2 N–H and O–H groups in total. The van der Waals surface area contributed by atoms with Crippen LogP contribution in [0.2, 0.25) is 0 Å². The molecule has 1 aliphatic rings. The molecule has 160 valence electrons. The van der Waals surface area contributed by atoms with Gasteiger partial charge in [0.15, 0.2) is 0 Å². The highest BCUT2D eigenvalue weighted by Gasteiger charge is 2.35. The topological polar surface area (TPSA) is 110 Å². The van der Waals surface area contributed by atoms with Crippen molar-refractivity contribution in [2.45, 2.75) is 33.2 Å². The molecule has 0 aliphatic carbocycles. The first-order valence-electron chi connectivity index (χ1n) is 9.58. The maximum Gasteiger partial charge on any atom is 0.341 e. The van der Waals surface area contributed by atoms with E-state index in [1.54, 1.807) is 31.2 Å². The second-order valence-corrected chi connectivity index (χ2v) is 6.87. The van der Waals surface area contributed by atoms with Gasteiger partial charge in [-0.1, -0.05) is 44.5 Å². The number of ether oxygens (including phenoxy) is 2. The van der Waals surface area contributed by atoms with Crippen molar-refractivity contribution in [1.82, 2.24) is 5.32 Å². The second kappa shape index (κ2) is 10.4. The number of methoxy groups -OCH3 is 2. The standard InChI is InChI=1S/C22H27N3O5/c1-6-13(2)19-20(26)18(21(27)24-19)14(3)25-23-11-15-9-7-8-10-16(15)17(12-29-4)22(28)30-5/h7-13,19,26H,6H2,1-5H3,(H,24,27)/b17-12+,23-11+,25-14?/t13-,19-/m0/s1. The van der Waals surface area contributed by atoms with Gasteiger partial charge < -0.3 is 19.9 Å². The number of benzene rings is 1. The summed E-state index contributed by atoms with van der Waals surface area (Å²) in [5.41, 5.74) is 1.83. The molecule has 0 bridgehead atoms. The molecular weight excluding hydrogens is 386 g/mol. The van der Waals surface area contributed by atoms with Crippen molar-refractivity contribution in [1.29, 1.82) is 0 Å². The molecule has 0 fully saturated rings. The number of amides is 1. The van der Waals surface area contributed by atoms with Crippen LogP contribution in [-0.4, -0.2) is 49.2 Å². The Morgan fingerprint density at radius 2 is 2.03 bits per heavy atom. The van der Waals surface area contributed by atoms with Gasteiger partial charge in [0, 0.05) is 11.1 Å². The number of aliphatic hydroxyl groups is 1. The van der Waals surface area contributed by atoms with Crippen LogP contribution in [0.25, 0.3) is 5.57 Å². The van der Waals surface area contributed by atoms with Crippen LogP contribution in [0.3, 0.4) is 0 Å². The minimum atomic E-state index is -0.550. The zero-order valence-electron chi connectivity index (χ0n) is 17.8. The zero-order chi connectivity index (χ0) is 22.3. The molecule has 8 heteroatoms. The van der Waals surface area contributed by atoms with Crippen molar-refractivity contribution in [2.75, 3.05) is 14.2 Å². The molecule has 0 spiro atoms. The summed E-state index contributed by atoms with van der Waals surface area (Å²) in [5, 5.41) is 21.4. The quantitative estimate of drug-likeness (QED) is 0.224. The fourth-order valence-corrected chi connectivity index (χ4v) is 3.08. The van der Waals surface area contributed by atoms with Gasteiger partial charge in [-0.05, 0) is 12.8 Å². The third-order valence-corrected chi connectivity index (χ3v) is 4.94. The summed E-state index contributed by atoms with van der Waals surface area (Å²) < 4.78 is 9.80. The van der Waals surface area contributed by atoms with Gasteiger partial charge in [0.05, 0.1) is 38.4 Å². The first-order chi connectivity index (χ1) is 14.3. The number of hydrogen-bond donors (Lipinski definition) is 2. The molecule has 30 heavy (non-hydrogen) atoms. The fraction of sp³-hybridized carbons (Fsp3) is 0.364. The smallest absolute Gasteiger partial charge is 0.341 e. The molecular formula is C22H27N3O5. The Labute approximate surface area is 176 Å². The Bertz CT molecular complexity index is 930. The summed E-state index contributed by atoms with van der Waals surface area (Å²) in [6.45, 7) is 5.56. The highest BCUT2D eigenvalue weighted by Crippen LogP contribution is 2.24. The number of carbonyl (C=O) groups is 2. The summed E-state index contributed by atoms with van der Waals surface area (Å²) >= 11 is 0. The molecule has 0 saturated carbocycles. The average molecular weight is 413 g/mol. The molecule has 2 atom stereocenters. The van der Waals surface area contributed by atoms with Gasteiger partial charge in [-0.2, -0.15) is 10.2 Å². The van der Waals surface area contributed by atoms with Gasteiger partial charge in [0.1, 0.15) is 16.9 Å². The molecule has 0 aromatic heterocycles. The minimum absolute atomic E-state index is 0.0118. The van der Waals surface area contributed by atoms with Gasteiger partial charge in [0.2, 0.25) is 0 Å². The van der Waals surface area contributed by atoms with E-state index < -0.39 is 12.0 Å². The van der Waals surface area contributed by atoms with Crippen LogP contribution >= 0.6 is 0 Å². The van der Waals surface area contributed by atoms with E-state index in [0.29, 0.717) is 16.8 Å². The van der Waals surface area contributed by atoms with E-state index in [9.17, 15) is 14.7 Å². The number of hydrogen-bond acceptors (Lipinski definition) is 7. The number of esters is 1. The van der Waals surface area contributed by atoms with Crippen LogP contribution in [0, 0.1) is 5.92 Å². The lowest BCUT2D eigenvalue weighted by Crippen LogP contribution is -2.34. The SMILES string of the molecule is CC[C@H](C)[C@@H]1NC(=O)C(C(C)=N/N=C/c2ccccc2/C(=C\OC)C(=O)OC)=C1O. The van der Waals surface area contributed by atoms with Crippen molar-refractivity contribution >= 4 is 29.4 Å². The van der Waals surface area contributed by atoms with E-state index in [4.69, 9.17) is 9.47 Å². The lowest BCUT2D eigenvalue weighted by atomic mass is 9.97. The van der Waals surface area contributed by atoms with Crippen molar-refractivity contribution in [3.63, 3.8) is 0 Å². The predicted octanol–water partition coefficient (Wildman–Crippen LogP) is 3.00. The van der Waals surface area contributed by atoms with Crippen LogP contribution in [0.1, 0.15) is 38.3 Å². The number of aliphatic hydroxyl groups excluding tert-OH is 1. The van der Waals surface area contributed by atoms with Crippen LogP contribution in [0.4, 0.5) is 0 Å². The molecule has 8 nitrogen and oxygen atoms in total. The number of carbonyl (C=O) groups excluding carboxylic acids is 2. The fourth-order valence-electron chi connectivity index (χ4n) is 3.08. The number of nitrogens with zero attached hydrogens (tertiary/aromatic N) is 2. The van der Waals surface area contributed by atoms with Gasteiger partial charge in [-0.25, -0.2) is 4.79 Å². The zero-order valence-corrected chi connectivity index (χ0v) is 17.8. The molecule has 0 saturated heterocycles. The summed E-state index contributed by atoms with van der Waals surface area (Å²) in [6, 6.07) is 6.63. The van der Waals surface area contributed by atoms with Crippen LogP contribution < -0.4 is 5.32 Å². The van der Waals surface area contributed by atoms with E-state index in [2.05, 4.69) is 15.5 Å². The number of nitrogens with one attached hydrogen (secondary N) is 1. The molecule has 1 aromatic rings. The van der Waals surface area contributed by atoms with E-state index in [1.165, 1.54) is 26.7 Å². The lowest BCUT2D eigenvalue weighted by Gasteiger charge is -2.17. The first kappa shape index (κ1) is 22.9. The van der Waals surface area contributed by atoms with Crippen molar-refractivity contribution < 1.29 is 24.2 Å². The molecule has 1 aliphatic heterocycles. The van der Waals surface area contributed by atoms with E-state index in [-0.39, 0.29) is 28.7 Å². The van der Waals surface area contributed by atoms with E-state index in [0.717, 1.165) is 6.42 Å². The molecule has 2 rings (SSSR count). The Kier molecular flexibility index (Phi) is 7.91. The molecule has 0 radical (unpaired) electrons. The highest BCUT2D eigenvalue weighted by molar-refractivity contribution is 6.23. The summed E-state index contributed by atoms with van der Waals surface area (Å²) in [4.78, 5) is 24.4. The maximum atomic E-state index is 12.3. The Morgan fingerprint density at radius 1 is 1.33 bits per heavy atom. The highest BCUT2D eigenvalue weighted by atomic mass is 16.5. The van der Waals surface area contributed by atoms with Gasteiger partial charge >= 0.3 is 5.97 Å². The van der Waals surface area contributed by atoms with Gasteiger partial charge in [-0.15, -0.1) is 0 Å². The molecule has 1 aromatic carbocycles. The van der Waals surface area contributed by atoms with Crippen molar-refractivity contribution in [3.8, 4) is 0 Å². The molecule has 0 unspecified atom stereocenters. The number of rotatable bonds is 8. The first-order valence-corrected chi connectivity index (χ1v) is 9.58. The van der Waals surface area contributed by atoms with Crippen LogP contribution in [0.5, 0.6) is 0 Å². The Balaban J connectivity index is 2.34. The summed E-state index contributed by atoms with van der Waals surface area (Å²) in [5.74, 6) is -0.835. The summed E-state index contributed by atoms with van der Waals surface area (Å²) in [6.07, 6.45) is 3.57. The molecule has 1 amide bonds. The van der Waals surface area contributed by atoms with E-state index >= 15 is 0 Å². The monoisotopic (exact) mass is 413 g/mol. The molecule has 1 heterocycles. The van der Waals surface area contributed by atoms with Crippen LogP contribution in [-0.2, 0) is 19.1 Å². The van der Waals surface area contributed by atoms with Gasteiger partial charge in [-0.3, -0.25) is 4.79 Å². The second-order valence-electron chi connectivity index (χ2n) is 6.87.